The van der Waals surface area contributed by atoms with E-state index in [1.54, 1.807) is 32.4 Å². The highest BCUT2D eigenvalue weighted by Gasteiger charge is 2.38. The molecule has 3 atom stereocenters. The van der Waals surface area contributed by atoms with Gasteiger partial charge in [0.15, 0.2) is 0 Å². The smallest absolute Gasteiger partial charge is 0.274 e. The lowest BCUT2D eigenvalue weighted by Crippen LogP contribution is -2.57. The van der Waals surface area contributed by atoms with Gasteiger partial charge < -0.3 is 19.1 Å². The molecule has 21 heavy (non-hydrogen) atoms. The summed E-state index contributed by atoms with van der Waals surface area (Å²) in [6.07, 6.45) is 2.61. The number of amides is 1. The van der Waals surface area contributed by atoms with E-state index in [4.69, 9.17) is 14.2 Å². The number of rotatable bonds is 4. The predicted octanol–water partition coefficient (Wildman–Crippen LogP) is 0.286. The highest BCUT2D eigenvalue weighted by atomic mass is 16.6. The van der Waals surface area contributed by atoms with Crippen molar-refractivity contribution in [2.24, 2.45) is 0 Å². The summed E-state index contributed by atoms with van der Waals surface area (Å²) in [7, 11) is 4.93. The molecule has 0 bridgehead atoms. The molecule has 1 amide bonds. The summed E-state index contributed by atoms with van der Waals surface area (Å²) in [6, 6.07) is -0.232. The largest absolute Gasteiger partial charge is 0.376 e. The van der Waals surface area contributed by atoms with E-state index in [9.17, 15) is 4.79 Å². The number of carbonyl (C=O) groups is 1. The van der Waals surface area contributed by atoms with Gasteiger partial charge in [0, 0.05) is 27.5 Å². The molecule has 0 unspecified atom stereocenters. The first-order valence-corrected chi connectivity index (χ1v) is 6.77. The Hall–Kier alpha value is -1.57. The lowest BCUT2D eigenvalue weighted by molar-refractivity contribution is -0.147. The molecule has 0 spiro atoms. The maximum Gasteiger partial charge on any atom is 0.274 e. The maximum absolute atomic E-state index is 12.5. The molecule has 1 aromatic rings. The average molecular weight is 295 g/mol. The number of methoxy groups -OCH3 is 2. The van der Waals surface area contributed by atoms with Crippen LogP contribution in [0.5, 0.6) is 0 Å². The van der Waals surface area contributed by atoms with Gasteiger partial charge in [-0.1, -0.05) is 0 Å². The Morgan fingerprint density at radius 1 is 1.29 bits per heavy atom. The summed E-state index contributed by atoms with van der Waals surface area (Å²) in [5.41, 5.74) is 1.07. The van der Waals surface area contributed by atoms with E-state index < -0.39 is 0 Å². The van der Waals surface area contributed by atoms with Crippen LogP contribution in [0.4, 0.5) is 0 Å². The van der Waals surface area contributed by atoms with Gasteiger partial charge in [-0.3, -0.25) is 9.78 Å². The van der Waals surface area contributed by atoms with Crippen molar-refractivity contribution in [2.75, 3.05) is 34.5 Å². The molecule has 0 aromatic carbocycles. The SMILES string of the molecule is CO[C@H]1[C@H](N(C)C(=O)c2cnc(C)cn2)COC[C@H]1OC. The van der Waals surface area contributed by atoms with Crippen molar-refractivity contribution in [3.05, 3.63) is 23.8 Å². The van der Waals surface area contributed by atoms with Gasteiger partial charge in [0.1, 0.15) is 17.9 Å². The first-order valence-electron chi connectivity index (χ1n) is 6.77. The molecule has 1 fully saturated rings. The Morgan fingerprint density at radius 2 is 2.05 bits per heavy atom. The molecule has 1 aromatic heterocycles. The number of aryl methyl sites for hydroxylation is 1. The summed E-state index contributed by atoms with van der Waals surface area (Å²) in [6.45, 7) is 2.68. The third kappa shape index (κ3) is 3.37. The molecule has 1 aliphatic rings. The van der Waals surface area contributed by atoms with Crippen molar-refractivity contribution in [1.82, 2.24) is 14.9 Å². The van der Waals surface area contributed by atoms with Crippen molar-refractivity contribution < 1.29 is 19.0 Å². The highest BCUT2D eigenvalue weighted by Crippen LogP contribution is 2.19. The van der Waals surface area contributed by atoms with E-state index in [0.717, 1.165) is 5.69 Å². The van der Waals surface area contributed by atoms with Crippen LogP contribution in [0.1, 0.15) is 16.2 Å². The molecule has 2 heterocycles. The van der Waals surface area contributed by atoms with E-state index in [1.165, 1.54) is 6.20 Å². The molecular formula is C14H21N3O4. The van der Waals surface area contributed by atoms with Crippen LogP contribution in [-0.2, 0) is 14.2 Å². The monoisotopic (exact) mass is 295 g/mol. The fourth-order valence-corrected chi connectivity index (χ4v) is 2.42. The van der Waals surface area contributed by atoms with Crippen LogP contribution < -0.4 is 0 Å². The van der Waals surface area contributed by atoms with E-state index in [2.05, 4.69) is 9.97 Å². The van der Waals surface area contributed by atoms with Crippen LogP contribution in [-0.4, -0.2) is 73.5 Å². The van der Waals surface area contributed by atoms with E-state index in [1.807, 2.05) is 6.92 Å². The zero-order valence-corrected chi connectivity index (χ0v) is 12.8. The van der Waals surface area contributed by atoms with E-state index in [0.29, 0.717) is 18.9 Å². The van der Waals surface area contributed by atoms with Crippen LogP contribution in [0.15, 0.2) is 12.4 Å². The first kappa shape index (κ1) is 15.8. The van der Waals surface area contributed by atoms with Crippen molar-refractivity contribution in [1.29, 1.82) is 0 Å². The second-order valence-electron chi connectivity index (χ2n) is 5.04. The number of ether oxygens (including phenoxy) is 3. The molecule has 116 valence electrons. The topological polar surface area (TPSA) is 73.8 Å². The molecule has 0 aliphatic carbocycles. The molecule has 2 rings (SSSR count). The molecule has 0 N–H and O–H groups in total. The van der Waals surface area contributed by atoms with Crippen LogP contribution in [0.2, 0.25) is 0 Å². The zero-order valence-electron chi connectivity index (χ0n) is 12.8. The van der Waals surface area contributed by atoms with Crippen LogP contribution in [0.25, 0.3) is 0 Å². The standard InChI is InChI=1S/C14H21N3O4/c1-9-5-16-10(6-15-9)14(18)17(2)11-7-21-8-12(19-3)13(11)20-4/h5-6,11-13H,7-8H2,1-4H3/t11-,12-,13+/m1/s1. The number of likely N-dealkylation sites (N-methyl/N-ethyl adjacent to an activating group) is 1. The van der Waals surface area contributed by atoms with Gasteiger partial charge in [0.2, 0.25) is 0 Å². The summed E-state index contributed by atoms with van der Waals surface area (Å²) in [5.74, 6) is -0.213. The molecule has 1 aliphatic heterocycles. The molecule has 0 radical (unpaired) electrons. The third-order valence-electron chi connectivity index (χ3n) is 3.71. The van der Waals surface area contributed by atoms with Crippen molar-refractivity contribution >= 4 is 5.91 Å². The molecule has 1 saturated heterocycles. The molecule has 0 saturated carbocycles. The van der Waals surface area contributed by atoms with Crippen LogP contribution in [0, 0.1) is 6.92 Å². The number of hydrogen-bond acceptors (Lipinski definition) is 6. The van der Waals surface area contributed by atoms with E-state index in [-0.39, 0.29) is 24.2 Å². The van der Waals surface area contributed by atoms with Gasteiger partial charge in [-0.05, 0) is 6.92 Å². The molecule has 7 nitrogen and oxygen atoms in total. The van der Waals surface area contributed by atoms with Gasteiger partial charge in [-0.25, -0.2) is 4.98 Å². The van der Waals surface area contributed by atoms with Gasteiger partial charge in [0.05, 0.1) is 31.1 Å². The Bertz CT molecular complexity index is 480. The minimum absolute atomic E-state index is 0.201. The zero-order chi connectivity index (χ0) is 15.4. The summed E-state index contributed by atoms with van der Waals surface area (Å²) in [5, 5.41) is 0. The lowest BCUT2D eigenvalue weighted by Gasteiger charge is -2.40. The van der Waals surface area contributed by atoms with Crippen molar-refractivity contribution in [3.63, 3.8) is 0 Å². The van der Waals surface area contributed by atoms with Gasteiger partial charge in [0.25, 0.3) is 5.91 Å². The lowest BCUT2D eigenvalue weighted by atomic mass is 10.0. The maximum atomic E-state index is 12.5. The Labute approximate surface area is 124 Å². The molecule has 7 heteroatoms. The average Bonchev–Trinajstić information content (AvgIpc) is 2.53. The van der Waals surface area contributed by atoms with Crippen molar-refractivity contribution in [3.8, 4) is 0 Å². The van der Waals surface area contributed by atoms with Crippen LogP contribution in [0.3, 0.4) is 0 Å². The number of aromatic nitrogens is 2. The third-order valence-corrected chi connectivity index (χ3v) is 3.71. The first-order chi connectivity index (χ1) is 10.1. The normalized spacial score (nSPS) is 25.6. The fraction of sp³-hybridized carbons (Fsp3) is 0.643. The fourth-order valence-electron chi connectivity index (χ4n) is 2.42. The minimum Gasteiger partial charge on any atom is -0.376 e. The summed E-state index contributed by atoms with van der Waals surface area (Å²) < 4.78 is 16.4. The van der Waals surface area contributed by atoms with Gasteiger partial charge >= 0.3 is 0 Å². The number of nitrogens with zero attached hydrogens (tertiary/aromatic N) is 3. The number of hydrogen-bond donors (Lipinski definition) is 0. The minimum atomic E-state index is -0.240. The van der Waals surface area contributed by atoms with Crippen molar-refractivity contribution in [2.45, 2.75) is 25.2 Å². The quantitative estimate of drug-likeness (QED) is 0.794. The van der Waals surface area contributed by atoms with Crippen LogP contribution >= 0.6 is 0 Å². The summed E-state index contributed by atoms with van der Waals surface area (Å²) in [4.78, 5) is 22.3. The summed E-state index contributed by atoms with van der Waals surface area (Å²) >= 11 is 0. The van der Waals surface area contributed by atoms with Gasteiger partial charge in [-0.2, -0.15) is 0 Å². The highest BCUT2D eigenvalue weighted by molar-refractivity contribution is 5.92. The second-order valence-corrected chi connectivity index (χ2v) is 5.04. The van der Waals surface area contributed by atoms with Gasteiger partial charge in [-0.15, -0.1) is 0 Å². The van der Waals surface area contributed by atoms with E-state index >= 15 is 0 Å². The second kappa shape index (κ2) is 6.93. The Morgan fingerprint density at radius 3 is 2.62 bits per heavy atom. The number of carbonyl (C=O) groups excluding carboxylic acids is 1. The predicted molar refractivity (Wildman–Crippen MR) is 75.1 cm³/mol. The Balaban J connectivity index is 2.15. The Kier molecular flexibility index (Phi) is 5.22. The molecular weight excluding hydrogens is 274 g/mol.